The van der Waals surface area contributed by atoms with Gasteiger partial charge in [0.05, 0.1) is 7.11 Å². The molecule has 0 unspecified atom stereocenters. The number of alkyl halides is 2. The van der Waals surface area contributed by atoms with Gasteiger partial charge in [0.25, 0.3) is 5.91 Å². The van der Waals surface area contributed by atoms with Crippen molar-refractivity contribution in [2.75, 3.05) is 20.2 Å². The number of hydrogen-bond acceptors (Lipinski definition) is 4. The average molecular weight is 521 g/mol. The lowest BCUT2D eigenvalue weighted by Crippen LogP contribution is -2.43. The SMILES string of the molecule is COc1cc(C(=O)N(CC(C)=Cc2ccc(F)cc2F)C[C@@H]2C[C@@H]3CCCC[C@@H]3N2)ccc1OC(F)F. The number of carbonyl (C=O) groups is 1. The number of carbonyl (C=O) groups excluding carboxylic acids is 1. The molecule has 2 aromatic rings. The molecule has 2 aliphatic rings. The predicted octanol–water partition coefficient (Wildman–Crippen LogP) is 6.04. The minimum absolute atomic E-state index is 0.0248. The second kappa shape index (κ2) is 12.0. The van der Waals surface area contributed by atoms with Gasteiger partial charge in [0.15, 0.2) is 11.5 Å². The Morgan fingerprint density at radius 1 is 1.14 bits per heavy atom. The van der Waals surface area contributed by atoms with Gasteiger partial charge in [0.1, 0.15) is 11.6 Å². The van der Waals surface area contributed by atoms with Crippen molar-refractivity contribution in [3.63, 3.8) is 0 Å². The Balaban J connectivity index is 1.57. The summed E-state index contributed by atoms with van der Waals surface area (Å²) in [6, 6.07) is 8.02. The summed E-state index contributed by atoms with van der Waals surface area (Å²) in [6.45, 7) is -0.601. The molecule has 200 valence electrons. The Morgan fingerprint density at radius 2 is 1.92 bits per heavy atom. The first kappa shape index (κ1) is 27.0. The first-order chi connectivity index (χ1) is 17.7. The van der Waals surface area contributed by atoms with E-state index in [4.69, 9.17) is 4.74 Å². The highest BCUT2D eigenvalue weighted by molar-refractivity contribution is 5.95. The standard InChI is InChI=1S/C28H32F4N2O3/c1-17(11-18-7-9-21(29)14-23(18)30)15-34(16-22-12-19-5-3-4-6-24(19)33-22)27(35)20-8-10-25(37-28(31)32)26(13-20)36-2/h7-11,13-14,19,22,24,28,33H,3-6,12,15-16H2,1-2H3/t19-,22-,24-/m0/s1. The van der Waals surface area contributed by atoms with E-state index in [0.29, 0.717) is 24.1 Å². The van der Waals surface area contributed by atoms with Crippen LogP contribution in [0.4, 0.5) is 17.6 Å². The zero-order chi connectivity index (χ0) is 26.5. The van der Waals surface area contributed by atoms with Crippen LogP contribution in [0.25, 0.3) is 6.08 Å². The molecule has 2 aromatic carbocycles. The number of amides is 1. The van der Waals surface area contributed by atoms with E-state index in [1.54, 1.807) is 17.9 Å². The van der Waals surface area contributed by atoms with E-state index in [1.807, 2.05) is 0 Å². The van der Waals surface area contributed by atoms with Gasteiger partial charge in [-0.2, -0.15) is 8.78 Å². The summed E-state index contributed by atoms with van der Waals surface area (Å²) in [7, 11) is 1.31. The summed E-state index contributed by atoms with van der Waals surface area (Å²) < 4.78 is 62.7. The Hall–Kier alpha value is -3.07. The molecule has 0 bridgehead atoms. The lowest BCUT2D eigenvalue weighted by molar-refractivity contribution is -0.0512. The normalized spacial score (nSPS) is 21.6. The Kier molecular flexibility index (Phi) is 8.74. The van der Waals surface area contributed by atoms with Crippen molar-refractivity contribution in [3.8, 4) is 11.5 Å². The van der Waals surface area contributed by atoms with E-state index in [0.717, 1.165) is 18.9 Å². The number of benzene rings is 2. The van der Waals surface area contributed by atoms with Crippen molar-refractivity contribution in [1.29, 1.82) is 0 Å². The second-order valence-electron chi connectivity index (χ2n) is 9.84. The highest BCUT2D eigenvalue weighted by atomic mass is 19.3. The molecule has 3 atom stereocenters. The number of methoxy groups -OCH3 is 1. The molecule has 9 heteroatoms. The summed E-state index contributed by atoms with van der Waals surface area (Å²) in [5.41, 5.74) is 1.19. The van der Waals surface area contributed by atoms with Crippen molar-refractivity contribution in [2.45, 2.75) is 57.7 Å². The minimum Gasteiger partial charge on any atom is -0.493 e. The van der Waals surface area contributed by atoms with Gasteiger partial charge < -0.3 is 19.7 Å². The van der Waals surface area contributed by atoms with Crippen molar-refractivity contribution in [2.24, 2.45) is 5.92 Å². The Bertz CT molecular complexity index is 1130. The average Bonchev–Trinajstić information content (AvgIpc) is 3.27. The van der Waals surface area contributed by atoms with Crippen LogP contribution in [0, 0.1) is 17.6 Å². The monoisotopic (exact) mass is 520 g/mol. The number of nitrogens with one attached hydrogen (secondary N) is 1. The smallest absolute Gasteiger partial charge is 0.387 e. The van der Waals surface area contributed by atoms with Crippen LogP contribution in [0.15, 0.2) is 42.0 Å². The predicted molar refractivity (Wildman–Crippen MR) is 133 cm³/mol. The summed E-state index contributed by atoms with van der Waals surface area (Å²) >= 11 is 0. The van der Waals surface area contributed by atoms with Crippen LogP contribution in [0.3, 0.4) is 0 Å². The van der Waals surface area contributed by atoms with Crippen LogP contribution < -0.4 is 14.8 Å². The molecule has 1 amide bonds. The molecule has 1 heterocycles. The van der Waals surface area contributed by atoms with Crippen molar-refractivity contribution >= 4 is 12.0 Å². The Labute approximate surface area is 214 Å². The van der Waals surface area contributed by atoms with E-state index in [2.05, 4.69) is 10.1 Å². The van der Waals surface area contributed by atoms with Gasteiger partial charge in [-0.25, -0.2) is 8.78 Å². The van der Waals surface area contributed by atoms with Gasteiger partial charge in [-0.15, -0.1) is 0 Å². The fourth-order valence-corrected chi connectivity index (χ4v) is 5.47. The molecule has 1 aliphatic heterocycles. The molecule has 1 aliphatic carbocycles. The van der Waals surface area contributed by atoms with E-state index in [-0.39, 0.29) is 41.1 Å². The highest BCUT2D eigenvalue weighted by Crippen LogP contribution is 2.34. The van der Waals surface area contributed by atoms with Crippen molar-refractivity contribution in [3.05, 3.63) is 64.7 Å². The van der Waals surface area contributed by atoms with Crippen LogP contribution in [-0.2, 0) is 0 Å². The largest absolute Gasteiger partial charge is 0.493 e. The third kappa shape index (κ3) is 6.83. The maximum atomic E-state index is 14.2. The fourth-order valence-electron chi connectivity index (χ4n) is 5.47. The summed E-state index contributed by atoms with van der Waals surface area (Å²) in [4.78, 5) is 15.3. The molecule has 0 spiro atoms. The number of ether oxygens (including phenoxy) is 2. The highest BCUT2D eigenvalue weighted by Gasteiger charge is 2.36. The van der Waals surface area contributed by atoms with Gasteiger partial charge in [0.2, 0.25) is 0 Å². The zero-order valence-corrected chi connectivity index (χ0v) is 21.0. The quantitative estimate of drug-likeness (QED) is 0.410. The van der Waals surface area contributed by atoms with Crippen molar-refractivity contribution in [1.82, 2.24) is 10.2 Å². The number of rotatable bonds is 9. The first-order valence-corrected chi connectivity index (χ1v) is 12.5. The number of hydrogen-bond donors (Lipinski definition) is 1. The summed E-state index contributed by atoms with van der Waals surface area (Å²) in [6.07, 6.45) is 7.28. The number of nitrogens with zero attached hydrogens (tertiary/aromatic N) is 1. The van der Waals surface area contributed by atoms with Crippen LogP contribution in [0.5, 0.6) is 11.5 Å². The van der Waals surface area contributed by atoms with Crippen molar-refractivity contribution < 1.29 is 31.8 Å². The molecular weight excluding hydrogens is 488 g/mol. The van der Waals surface area contributed by atoms with Gasteiger partial charge in [-0.3, -0.25) is 4.79 Å². The van der Waals surface area contributed by atoms with Gasteiger partial charge in [-0.1, -0.05) is 24.5 Å². The lowest BCUT2D eigenvalue weighted by Gasteiger charge is -2.27. The van der Waals surface area contributed by atoms with Gasteiger partial charge in [-0.05, 0) is 62.4 Å². The molecule has 1 N–H and O–H groups in total. The molecule has 0 radical (unpaired) electrons. The second-order valence-corrected chi connectivity index (χ2v) is 9.84. The number of fused-ring (bicyclic) bond motifs is 1. The van der Waals surface area contributed by atoms with Crippen LogP contribution in [-0.4, -0.2) is 49.7 Å². The molecule has 1 saturated carbocycles. The van der Waals surface area contributed by atoms with Crippen LogP contribution in [0.1, 0.15) is 54.9 Å². The third-order valence-corrected chi connectivity index (χ3v) is 7.11. The number of halogens is 4. The maximum absolute atomic E-state index is 14.2. The van der Waals surface area contributed by atoms with Gasteiger partial charge in [0, 0.05) is 42.4 Å². The summed E-state index contributed by atoms with van der Waals surface area (Å²) in [5, 5.41) is 3.68. The molecule has 2 fully saturated rings. The van der Waals surface area contributed by atoms with E-state index in [9.17, 15) is 22.4 Å². The zero-order valence-electron chi connectivity index (χ0n) is 21.0. The van der Waals surface area contributed by atoms with Gasteiger partial charge >= 0.3 is 6.61 Å². The maximum Gasteiger partial charge on any atom is 0.387 e. The summed E-state index contributed by atoms with van der Waals surface area (Å²) in [5.74, 6) is -1.21. The van der Waals surface area contributed by atoms with Crippen LogP contribution in [0.2, 0.25) is 0 Å². The Morgan fingerprint density at radius 3 is 2.62 bits per heavy atom. The van der Waals surface area contributed by atoms with E-state index in [1.165, 1.54) is 56.7 Å². The minimum atomic E-state index is -3.02. The lowest BCUT2D eigenvalue weighted by atomic mass is 9.85. The molecule has 5 nitrogen and oxygen atoms in total. The van der Waals surface area contributed by atoms with Crippen LogP contribution >= 0.6 is 0 Å². The van der Waals surface area contributed by atoms with E-state index < -0.39 is 18.2 Å². The fraction of sp³-hybridized carbons (Fsp3) is 0.464. The van der Waals surface area contributed by atoms with E-state index >= 15 is 0 Å². The molecule has 1 saturated heterocycles. The first-order valence-electron chi connectivity index (χ1n) is 12.5. The molecule has 0 aromatic heterocycles. The molecular formula is C28H32F4N2O3. The molecule has 37 heavy (non-hydrogen) atoms. The third-order valence-electron chi connectivity index (χ3n) is 7.11. The molecule has 4 rings (SSSR count). The topological polar surface area (TPSA) is 50.8 Å².